The zero-order chi connectivity index (χ0) is 31.5. The maximum atomic E-state index is 3.98. The molecular weight excluding hydrogens is 642 g/mol. The molecular formula is C43H40BrNS. The van der Waals surface area contributed by atoms with Crippen LogP contribution in [0.5, 0.6) is 0 Å². The molecule has 0 fully saturated rings. The molecule has 0 amide bonds. The number of rotatable bonds is 11. The summed E-state index contributed by atoms with van der Waals surface area (Å²) in [7, 11) is 0. The quantitative estimate of drug-likeness (QED) is 0.131. The van der Waals surface area contributed by atoms with E-state index in [0.29, 0.717) is 0 Å². The Hall–Kier alpha value is -3.92. The molecule has 0 saturated heterocycles. The molecule has 5 aromatic carbocycles. The predicted molar refractivity (Wildman–Crippen MR) is 203 cm³/mol. The van der Waals surface area contributed by atoms with Gasteiger partial charge >= 0.3 is 0 Å². The molecule has 0 N–H and O–H groups in total. The van der Waals surface area contributed by atoms with Crippen LogP contribution < -0.4 is 4.90 Å². The van der Waals surface area contributed by atoms with Gasteiger partial charge in [0.25, 0.3) is 0 Å². The van der Waals surface area contributed by atoms with Crippen molar-refractivity contribution in [2.24, 2.45) is 0 Å². The molecule has 230 valence electrons. The van der Waals surface area contributed by atoms with Gasteiger partial charge in [0.05, 0.1) is 3.79 Å². The van der Waals surface area contributed by atoms with E-state index in [0.717, 1.165) is 17.1 Å². The third kappa shape index (κ3) is 5.65. The van der Waals surface area contributed by atoms with Crippen molar-refractivity contribution in [2.45, 2.75) is 57.8 Å². The molecule has 6 aromatic rings. The Balaban J connectivity index is 1.24. The molecule has 3 heteroatoms. The predicted octanol–water partition coefficient (Wildman–Crippen LogP) is 14.0. The van der Waals surface area contributed by atoms with Crippen molar-refractivity contribution in [1.29, 1.82) is 0 Å². The maximum Gasteiger partial charge on any atom is 0.0783 e. The fourth-order valence-electron chi connectivity index (χ4n) is 7.33. The number of benzene rings is 5. The molecule has 0 radical (unpaired) electrons. The first kappa shape index (κ1) is 30.7. The number of unbranched alkanes of at least 4 members (excludes halogenated alkanes) is 2. The van der Waals surface area contributed by atoms with Crippen LogP contribution in [0.2, 0.25) is 0 Å². The number of fused-ring (bicyclic) bond motifs is 3. The lowest BCUT2D eigenvalue weighted by molar-refractivity contribution is 0.414. The first-order valence-corrected chi connectivity index (χ1v) is 18.3. The summed E-state index contributed by atoms with van der Waals surface area (Å²) in [5.41, 5.74) is 13.3. The van der Waals surface area contributed by atoms with Gasteiger partial charge in [-0.3, -0.25) is 0 Å². The Labute approximate surface area is 286 Å². The Morgan fingerprint density at radius 1 is 0.543 bits per heavy atom. The van der Waals surface area contributed by atoms with E-state index in [1.165, 1.54) is 86.1 Å². The van der Waals surface area contributed by atoms with E-state index in [-0.39, 0.29) is 5.41 Å². The Bertz CT molecular complexity index is 1880. The van der Waals surface area contributed by atoms with Gasteiger partial charge in [0, 0.05) is 32.9 Å². The van der Waals surface area contributed by atoms with Crippen molar-refractivity contribution in [3.63, 3.8) is 0 Å². The Morgan fingerprint density at radius 3 is 1.72 bits per heavy atom. The molecule has 0 atom stereocenters. The zero-order valence-corrected chi connectivity index (χ0v) is 29.1. The Kier molecular flexibility index (Phi) is 8.97. The molecule has 0 bridgehead atoms. The number of halogens is 1. The molecule has 7 rings (SSSR count). The molecule has 0 aliphatic heterocycles. The molecule has 0 spiro atoms. The van der Waals surface area contributed by atoms with Gasteiger partial charge in [0.15, 0.2) is 0 Å². The van der Waals surface area contributed by atoms with Gasteiger partial charge < -0.3 is 4.90 Å². The van der Waals surface area contributed by atoms with Crippen LogP contribution in [0.15, 0.2) is 137 Å². The minimum Gasteiger partial charge on any atom is -0.311 e. The standard InChI is InChI=1S/C43H40BrNS/c1-3-5-27-43(28-6-4-2)39-20-14-13-19-36(39)37-26-23-32(29-40(37)43)38-30-41(46-42(38)44)31-21-24-35(25-22-31)45(33-15-9-7-10-16-33)34-17-11-8-12-18-34/h7-26,29-30H,3-6,27-28H2,1-2H3. The molecule has 0 unspecified atom stereocenters. The lowest BCUT2D eigenvalue weighted by Gasteiger charge is -2.33. The second-order valence-corrected chi connectivity index (χ2v) is 14.8. The second-order valence-electron chi connectivity index (χ2n) is 12.4. The van der Waals surface area contributed by atoms with Crippen LogP contribution >= 0.6 is 27.3 Å². The van der Waals surface area contributed by atoms with Crippen LogP contribution in [-0.2, 0) is 5.41 Å². The lowest BCUT2D eigenvalue weighted by atomic mass is 9.70. The highest BCUT2D eigenvalue weighted by Gasteiger charge is 2.42. The topological polar surface area (TPSA) is 3.24 Å². The van der Waals surface area contributed by atoms with Gasteiger partial charge in [0.1, 0.15) is 0 Å². The van der Waals surface area contributed by atoms with E-state index in [1.54, 1.807) is 0 Å². The maximum absolute atomic E-state index is 3.98. The average Bonchev–Trinajstić information content (AvgIpc) is 3.63. The third-order valence-electron chi connectivity index (χ3n) is 9.62. The number of anilines is 3. The summed E-state index contributed by atoms with van der Waals surface area (Å²) in [5.74, 6) is 0. The largest absolute Gasteiger partial charge is 0.311 e. The molecule has 1 aromatic heterocycles. The molecule has 1 aliphatic rings. The number of thiophene rings is 1. The number of hydrogen-bond donors (Lipinski definition) is 0. The molecule has 46 heavy (non-hydrogen) atoms. The van der Waals surface area contributed by atoms with Gasteiger partial charge in [-0.05, 0) is 111 Å². The van der Waals surface area contributed by atoms with E-state index in [4.69, 9.17) is 0 Å². The number of hydrogen-bond acceptors (Lipinski definition) is 2. The SMILES string of the molecule is CCCCC1(CCCC)c2ccccc2-c2ccc(-c3cc(-c4ccc(N(c5ccccc5)c5ccccc5)cc4)sc3Br)cc21. The van der Waals surface area contributed by atoms with Crippen LogP contribution in [0.3, 0.4) is 0 Å². The van der Waals surface area contributed by atoms with Gasteiger partial charge in [0.2, 0.25) is 0 Å². The summed E-state index contributed by atoms with van der Waals surface area (Å²) < 4.78 is 1.19. The number of nitrogens with zero attached hydrogens (tertiary/aromatic N) is 1. The number of para-hydroxylation sites is 2. The minimum atomic E-state index is 0.0957. The van der Waals surface area contributed by atoms with Crippen molar-refractivity contribution >= 4 is 44.3 Å². The molecule has 0 saturated carbocycles. The summed E-state index contributed by atoms with van der Waals surface area (Å²) in [6.07, 6.45) is 7.35. The normalized spacial score (nSPS) is 12.9. The van der Waals surface area contributed by atoms with Crippen molar-refractivity contribution in [2.75, 3.05) is 4.90 Å². The van der Waals surface area contributed by atoms with Gasteiger partial charge in [-0.15, -0.1) is 11.3 Å². The van der Waals surface area contributed by atoms with Crippen LogP contribution in [0.25, 0.3) is 32.7 Å². The first-order valence-electron chi connectivity index (χ1n) is 16.7. The molecule has 1 nitrogen and oxygen atoms in total. The summed E-state index contributed by atoms with van der Waals surface area (Å²) in [4.78, 5) is 3.58. The van der Waals surface area contributed by atoms with Gasteiger partial charge in [-0.25, -0.2) is 0 Å². The van der Waals surface area contributed by atoms with Gasteiger partial charge in [-0.2, -0.15) is 0 Å². The average molecular weight is 683 g/mol. The summed E-state index contributed by atoms with van der Waals surface area (Å²) in [6, 6.07) is 49.0. The summed E-state index contributed by atoms with van der Waals surface area (Å²) >= 11 is 5.80. The first-order chi connectivity index (χ1) is 22.6. The zero-order valence-electron chi connectivity index (χ0n) is 26.7. The van der Waals surface area contributed by atoms with Crippen LogP contribution in [0.4, 0.5) is 17.1 Å². The van der Waals surface area contributed by atoms with E-state index < -0.39 is 0 Å². The van der Waals surface area contributed by atoms with Crippen LogP contribution in [-0.4, -0.2) is 0 Å². The fraction of sp³-hybridized carbons (Fsp3) is 0.209. The Morgan fingerprint density at radius 2 is 1.09 bits per heavy atom. The van der Waals surface area contributed by atoms with Crippen molar-refractivity contribution < 1.29 is 0 Å². The molecule has 1 heterocycles. The fourth-order valence-corrected chi connectivity index (χ4v) is 9.10. The highest BCUT2D eigenvalue weighted by Crippen LogP contribution is 2.55. The highest BCUT2D eigenvalue weighted by molar-refractivity contribution is 9.11. The lowest BCUT2D eigenvalue weighted by Crippen LogP contribution is -2.25. The van der Waals surface area contributed by atoms with Crippen LogP contribution in [0, 0.1) is 0 Å². The van der Waals surface area contributed by atoms with Crippen molar-refractivity contribution in [3.05, 3.63) is 148 Å². The summed E-state index contributed by atoms with van der Waals surface area (Å²) in [6.45, 7) is 4.65. The van der Waals surface area contributed by atoms with E-state index in [9.17, 15) is 0 Å². The van der Waals surface area contributed by atoms with E-state index in [2.05, 4.69) is 168 Å². The van der Waals surface area contributed by atoms with Crippen molar-refractivity contribution in [3.8, 4) is 32.7 Å². The third-order valence-corrected chi connectivity index (χ3v) is 11.5. The smallest absolute Gasteiger partial charge is 0.0783 e. The van der Waals surface area contributed by atoms with E-state index >= 15 is 0 Å². The van der Waals surface area contributed by atoms with Gasteiger partial charge in [-0.1, -0.05) is 124 Å². The monoisotopic (exact) mass is 681 g/mol. The second kappa shape index (κ2) is 13.4. The van der Waals surface area contributed by atoms with Crippen molar-refractivity contribution in [1.82, 2.24) is 0 Å². The van der Waals surface area contributed by atoms with E-state index in [1.807, 2.05) is 11.3 Å². The summed E-state index contributed by atoms with van der Waals surface area (Å²) in [5, 5.41) is 0. The van der Waals surface area contributed by atoms with Crippen LogP contribution in [0.1, 0.15) is 63.5 Å². The minimum absolute atomic E-state index is 0.0957. The molecule has 1 aliphatic carbocycles. The highest BCUT2D eigenvalue weighted by atomic mass is 79.9.